The van der Waals surface area contributed by atoms with Crippen LogP contribution in [0.15, 0.2) is 0 Å². The molecule has 0 saturated carbocycles. The van der Waals surface area contributed by atoms with Gasteiger partial charge in [-0.05, 0) is 6.42 Å². The van der Waals surface area contributed by atoms with Crippen molar-refractivity contribution in [1.29, 1.82) is 0 Å². The van der Waals surface area contributed by atoms with E-state index in [-0.39, 0.29) is 56.9 Å². The minimum atomic E-state index is -0.653. The summed E-state index contributed by atoms with van der Waals surface area (Å²) in [6.07, 6.45) is 20.2. The van der Waals surface area contributed by atoms with Gasteiger partial charge in [-0.3, -0.25) is 4.79 Å². The van der Waals surface area contributed by atoms with E-state index in [0.29, 0.717) is 6.42 Å². The predicted octanol–water partition coefficient (Wildman–Crippen LogP) is 4.86. The number of unbranched alkanes of at least 4 members (excludes halogenated alkanes) is 14. The number of hydrogen-bond donors (Lipinski definition) is 1. The number of carbonyl (C=O) groups is 1. The molecule has 0 heterocycles. The van der Waals surface area contributed by atoms with Gasteiger partial charge < -0.3 is 10.6 Å². The quantitative estimate of drug-likeness (QED) is 0.321. The zero-order valence-electron chi connectivity index (χ0n) is 14.2. The van der Waals surface area contributed by atoms with Crippen molar-refractivity contribution in [3.05, 3.63) is 0 Å². The van der Waals surface area contributed by atoms with E-state index in [9.17, 15) is 4.79 Å². The molecule has 0 spiro atoms. The van der Waals surface area contributed by atoms with Crippen LogP contribution in [0.5, 0.6) is 0 Å². The molecule has 3 nitrogen and oxygen atoms in total. The minimum absolute atomic E-state index is 0. The number of aliphatic carboxylic acids is 1. The van der Waals surface area contributed by atoms with E-state index in [1.807, 2.05) is 0 Å². The van der Waals surface area contributed by atoms with Gasteiger partial charge in [-0.15, -0.1) is 0 Å². The van der Waals surface area contributed by atoms with Crippen molar-refractivity contribution in [3.8, 4) is 0 Å². The molecule has 0 rings (SSSR count). The summed E-state index contributed by atoms with van der Waals surface area (Å²) in [5.41, 5.74) is 0. The molecule has 0 bridgehead atoms. The third kappa shape index (κ3) is 26.0. The molecule has 0 unspecified atom stereocenters. The number of carboxylic acids is 1. The SMILES string of the molecule is CCCCCCCCCCCCCCCCCC(=O)O.O.[KH]. The first-order valence-electron chi connectivity index (χ1n) is 8.99. The molecular weight excluding hydrogens is 303 g/mol. The van der Waals surface area contributed by atoms with Gasteiger partial charge in [-0.1, -0.05) is 96.8 Å². The van der Waals surface area contributed by atoms with Crippen molar-refractivity contribution in [2.75, 3.05) is 0 Å². The summed E-state index contributed by atoms with van der Waals surface area (Å²) in [6.45, 7) is 2.27. The van der Waals surface area contributed by atoms with Crippen LogP contribution in [0, 0.1) is 0 Å². The van der Waals surface area contributed by atoms with E-state index in [1.54, 1.807) is 0 Å². The van der Waals surface area contributed by atoms with Crippen LogP contribution in [0.2, 0.25) is 0 Å². The molecular formula is C18H39KO3. The Labute approximate surface area is 180 Å². The van der Waals surface area contributed by atoms with Crippen LogP contribution in [-0.2, 0) is 4.79 Å². The summed E-state index contributed by atoms with van der Waals surface area (Å²) in [5, 5.41) is 8.52. The number of carboxylic acid groups (broad SMARTS) is 1. The summed E-state index contributed by atoms with van der Waals surface area (Å²) >= 11 is 0. The fourth-order valence-electron chi connectivity index (χ4n) is 2.65. The Balaban J connectivity index is -0.00000180. The number of rotatable bonds is 16. The molecule has 0 aromatic heterocycles. The summed E-state index contributed by atoms with van der Waals surface area (Å²) < 4.78 is 0. The Morgan fingerprint density at radius 1 is 0.636 bits per heavy atom. The van der Waals surface area contributed by atoms with E-state index in [0.717, 1.165) is 12.8 Å². The monoisotopic (exact) mass is 342 g/mol. The Morgan fingerprint density at radius 3 is 1.18 bits per heavy atom. The molecule has 130 valence electrons. The molecule has 22 heavy (non-hydrogen) atoms. The Hall–Kier alpha value is 1.07. The van der Waals surface area contributed by atoms with E-state index in [1.165, 1.54) is 83.5 Å². The van der Waals surface area contributed by atoms with Gasteiger partial charge >= 0.3 is 57.4 Å². The summed E-state index contributed by atoms with van der Waals surface area (Å²) in [5.74, 6) is -0.653. The molecule has 0 aromatic carbocycles. The molecule has 0 aromatic rings. The molecule has 0 radical (unpaired) electrons. The zero-order valence-corrected chi connectivity index (χ0v) is 14.2. The molecule has 0 aliphatic carbocycles. The summed E-state index contributed by atoms with van der Waals surface area (Å²) in [6, 6.07) is 0. The average Bonchev–Trinajstić information content (AvgIpc) is 2.43. The molecule has 0 fully saturated rings. The molecule has 4 heteroatoms. The van der Waals surface area contributed by atoms with Crippen molar-refractivity contribution >= 4 is 57.4 Å². The normalized spacial score (nSPS) is 9.86. The zero-order chi connectivity index (χ0) is 14.9. The second-order valence-electron chi connectivity index (χ2n) is 6.09. The standard InChI is InChI=1S/C18H36O2.K.H2O.H/c1-2-3-4-5-6-7-8-9-10-11-12-13-14-15-16-17-18(19)20;;;/h2-17H2,1H3,(H,19,20);;1H2;. The molecule has 0 amide bonds. The van der Waals surface area contributed by atoms with E-state index in [2.05, 4.69) is 6.92 Å². The Bertz CT molecular complexity index is 211. The van der Waals surface area contributed by atoms with Crippen molar-refractivity contribution in [2.45, 2.75) is 110 Å². The summed E-state index contributed by atoms with van der Waals surface area (Å²) in [7, 11) is 0. The molecule has 3 N–H and O–H groups in total. The van der Waals surface area contributed by atoms with E-state index in [4.69, 9.17) is 5.11 Å². The van der Waals surface area contributed by atoms with Crippen LogP contribution in [0.1, 0.15) is 110 Å². The first-order chi connectivity index (χ1) is 9.77. The third-order valence-corrected chi connectivity index (χ3v) is 3.99. The fourth-order valence-corrected chi connectivity index (χ4v) is 2.65. The third-order valence-electron chi connectivity index (χ3n) is 3.99. The van der Waals surface area contributed by atoms with Gasteiger partial charge in [-0.2, -0.15) is 0 Å². The second-order valence-corrected chi connectivity index (χ2v) is 6.09. The van der Waals surface area contributed by atoms with Crippen LogP contribution < -0.4 is 0 Å². The van der Waals surface area contributed by atoms with Crippen LogP contribution in [0.3, 0.4) is 0 Å². The molecule has 0 aliphatic rings. The van der Waals surface area contributed by atoms with Crippen molar-refractivity contribution in [1.82, 2.24) is 0 Å². The predicted molar refractivity (Wildman–Crippen MR) is 97.9 cm³/mol. The second kappa shape index (κ2) is 24.3. The molecule has 0 aliphatic heterocycles. The molecule has 0 saturated heterocycles. The van der Waals surface area contributed by atoms with Crippen molar-refractivity contribution in [3.63, 3.8) is 0 Å². The van der Waals surface area contributed by atoms with Crippen molar-refractivity contribution < 1.29 is 15.4 Å². The van der Waals surface area contributed by atoms with Gasteiger partial charge in [0.1, 0.15) is 0 Å². The van der Waals surface area contributed by atoms with Gasteiger partial charge in [0, 0.05) is 6.42 Å². The van der Waals surface area contributed by atoms with Crippen LogP contribution in [0.25, 0.3) is 0 Å². The van der Waals surface area contributed by atoms with Crippen LogP contribution in [-0.4, -0.2) is 67.9 Å². The van der Waals surface area contributed by atoms with E-state index < -0.39 is 5.97 Å². The number of hydrogen-bond acceptors (Lipinski definition) is 1. The van der Waals surface area contributed by atoms with Gasteiger partial charge in [-0.25, -0.2) is 0 Å². The maximum atomic E-state index is 10.3. The summed E-state index contributed by atoms with van der Waals surface area (Å²) in [4.78, 5) is 10.3. The average molecular weight is 343 g/mol. The van der Waals surface area contributed by atoms with Crippen LogP contribution >= 0.6 is 0 Å². The van der Waals surface area contributed by atoms with Crippen LogP contribution in [0.4, 0.5) is 0 Å². The first kappa shape index (κ1) is 27.9. The Morgan fingerprint density at radius 2 is 0.909 bits per heavy atom. The van der Waals surface area contributed by atoms with Crippen molar-refractivity contribution in [2.24, 2.45) is 0 Å². The Kier molecular flexibility index (Phi) is 30.8. The van der Waals surface area contributed by atoms with Gasteiger partial charge in [0.15, 0.2) is 0 Å². The van der Waals surface area contributed by atoms with Gasteiger partial charge in [0.2, 0.25) is 0 Å². The van der Waals surface area contributed by atoms with Gasteiger partial charge in [0.25, 0.3) is 0 Å². The maximum absolute atomic E-state index is 10.3. The molecule has 0 atom stereocenters. The topological polar surface area (TPSA) is 68.8 Å². The van der Waals surface area contributed by atoms with Gasteiger partial charge in [0.05, 0.1) is 0 Å². The first-order valence-corrected chi connectivity index (χ1v) is 8.99. The van der Waals surface area contributed by atoms with E-state index >= 15 is 0 Å². The fraction of sp³-hybridized carbons (Fsp3) is 0.944.